The highest BCUT2D eigenvalue weighted by atomic mass is 32.2. The summed E-state index contributed by atoms with van der Waals surface area (Å²) >= 11 is 1.32. The number of aromatic carboxylic acids is 1. The number of sulfone groups is 1. The van der Waals surface area contributed by atoms with Gasteiger partial charge in [0.2, 0.25) is 5.88 Å². The van der Waals surface area contributed by atoms with Gasteiger partial charge in [0.05, 0.1) is 5.69 Å². The summed E-state index contributed by atoms with van der Waals surface area (Å²) in [7, 11) is -3.38. The zero-order valence-electron chi connectivity index (χ0n) is 17.6. The van der Waals surface area contributed by atoms with Gasteiger partial charge >= 0.3 is 5.97 Å². The molecule has 0 unspecified atom stereocenters. The molecule has 0 aromatic carbocycles. The first-order valence-corrected chi connectivity index (χ1v) is 12.6. The summed E-state index contributed by atoms with van der Waals surface area (Å²) in [6, 6.07) is 6.87. The number of aromatic nitrogens is 1. The van der Waals surface area contributed by atoms with Gasteiger partial charge in [0.25, 0.3) is 0 Å². The molecule has 0 radical (unpaired) electrons. The maximum Gasteiger partial charge on any atom is 0.348 e. The molecule has 30 heavy (non-hydrogen) atoms. The molecular formula is C21H28N2O5S2. The molecule has 0 bridgehead atoms. The molecule has 0 spiro atoms. The first-order valence-electron chi connectivity index (χ1n) is 9.91. The molecule has 1 fully saturated rings. The maximum atomic E-state index is 11.7. The Labute approximate surface area is 181 Å². The second-order valence-corrected chi connectivity index (χ2v) is 11.7. The third-order valence-corrected chi connectivity index (χ3v) is 7.60. The smallest absolute Gasteiger partial charge is 0.348 e. The molecular weight excluding hydrogens is 424 g/mol. The Hall–Kier alpha value is -2.13. The maximum absolute atomic E-state index is 11.7. The summed E-state index contributed by atoms with van der Waals surface area (Å²) in [6.45, 7) is 6.22. The van der Waals surface area contributed by atoms with Crippen molar-refractivity contribution in [2.24, 2.45) is 0 Å². The van der Waals surface area contributed by atoms with Crippen LogP contribution in [0.25, 0.3) is 0 Å². The Morgan fingerprint density at radius 3 is 2.47 bits per heavy atom. The summed E-state index contributed by atoms with van der Waals surface area (Å²) in [5, 5.41) is 13.0. The number of rotatable bonds is 6. The highest BCUT2D eigenvalue weighted by Gasteiger charge is 2.27. The van der Waals surface area contributed by atoms with E-state index >= 15 is 0 Å². The summed E-state index contributed by atoms with van der Waals surface area (Å²) in [6.07, 6.45) is 4.29. The predicted octanol–water partition coefficient (Wildman–Crippen LogP) is 4.34. The molecule has 2 heterocycles. The molecule has 164 valence electrons. The third-order valence-electron chi connectivity index (χ3n) is 5.06. The Kier molecular flexibility index (Phi) is 6.43. The van der Waals surface area contributed by atoms with E-state index in [2.05, 4.69) is 31.1 Å². The number of carboxylic acids is 1. The van der Waals surface area contributed by atoms with E-state index in [1.165, 1.54) is 17.4 Å². The van der Waals surface area contributed by atoms with Gasteiger partial charge in [-0.1, -0.05) is 26.8 Å². The summed E-state index contributed by atoms with van der Waals surface area (Å²) in [5.74, 6) is -0.595. The molecule has 3 rings (SSSR count). The summed E-state index contributed by atoms with van der Waals surface area (Å²) in [5.41, 5.74) is 0.581. The van der Waals surface area contributed by atoms with Crippen molar-refractivity contribution >= 4 is 32.8 Å². The summed E-state index contributed by atoms with van der Waals surface area (Å²) < 4.78 is 29.2. The fourth-order valence-electron chi connectivity index (χ4n) is 3.41. The van der Waals surface area contributed by atoms with Crippen LogP contribution in [0.1, 0.15) is 61.0 Å². The van der Waals surface area contributed by atoms with Crippen LogP contribution < -0.4 is 10.1 Å². The number of carboxylic acid groups (broad SMARTS) is 1. The predicted molar refractivity (Wildman–Crippen MR) is 118 cm³/mol. The first kappa shape index (κ1) is 22.6. The number of nitrogens with zero attached hydrogens (tertiary/aromatic N) is 1. The molecule has 1 saturated carbocycles. The number of anilines is 1. The Balaban J connectivity index is 1.62. The summed E-state index contributed by atoms with van der Waals surface area (Å²) in [4.78, 5) is 17.1. The zero-order valence-corrected chi connectivity index (χ0v) is 19.3. The second-order valence-electron chi connectivity index (χ2n) is 8.73. The van der Waals surface area contributed by atoms with Crippen molar-refractivity contribution in [2.75, 3.05) is 11.6 Å². The van der Waals surface area contributed by atoms with Crippen molar-refractivity contribution in [1.29, 1.82) is 0 Å². The number of pyridine rings is 1. The van der Waals surface area contributed by atoms with Crippen LogP contribution in [0.5, 0.6) is 5.88 Å². The standard InChI is InChI=1S/C21H28N2O5S2/c1-21(2,3)16-12-15(19(29-16)20(24)25)22-13-8-10-14(11-9-13)28-17-6-5-7-18(23-17)30(4,26)27/h5-7,12-14,22H,8-11H2,1-4H3,(H,24,25). The van der Waals surface area contributed by atoms with Gasteiger partial charge in [-0.15, -0.1) is 11.3 Å². The SMILES string of the molecule is CC(C)(C)c1cc(NC2CCC(Oc3cccc(S(C)(=O)=O)n3)CC2)c(C(=O)O)s1. The van der Waals surface area contributed by atoms with E-state index in [-0.39, 0.29) is 22.6 Å². The lowest BCUT2D eigenvalue weighted by molar-refractivity contribution is 0.0703. The van der Waals surface area contributed by atoms with Crippen LogP contribution in [0.4, 0.5) is 5.69 Å². The van der Waals surface area contributed by atoms with Gasteiger partial charge in [-0.25, -0.2) is 18.2 Å². The van der Waals surface area contributed by atoms with Gasteiger partial charge in [-0.2, -0.15) is 0 Å². The molecule has 7 nitrogen and oxygen atoms in total. The number of hydrogen-bond acceptors (Lipinski definition) is 7. The van der Waals surface area contributed by atoms with Gasteiger partial charge in [0.1, 0.15) is 11.0 Å². The van der Waals surface area contributed by atoms with Gasteiger partial charge < -0.3 is 15.2 Å². The lowest BCUT2D eigenvalue weighted by Gasteiger charge is -2.29. The highest BCUT2D eigenvalue weighted by molar-refractivity contribution is 7.90. The normalized spacial score (nSPS) is 20.0. The number of carbonyl (C=O) groups is 1. The van der Waals surface area contributed by atoms with Crippen molar-refractivity contribution < 1.29 is 23.1 Å². The number of hydrogen-bond donors (Lipinski definition) is 2. The molecule has 1 aliphatic carbocycles. The van der Waals surface area contributed by atoms with Crippen molar-refractivity contribution in [1.82, 2.24) is 4.98 Å². The van der Waals surface area contributed by atoms with E-state index in [9.17, 15) is 18.3 Å². The van der Waals surface area contributed by atoms with Gasteiger partial charge in [-0.3, -0.25) is 0 Å². The minimum atomic E-state index is -3.38. The average molecular weight is 453 g/mol. The quantitative estimate of drug-likeness (QED) is 0.671. The lowest BCUT2D eigenvalue weighted by atomic mass is 9.92. The second kappa shape index (κ2) is 8.55. The van der Waals surface area contributed by atoms with E-state index in [1.54, 1.807) is 12.1 Å². The van der Waals surface area contributed by atoms with Crippen molar-refractivity contribution in [3.63, 3.8) is 0 Å². The fraction of sp³-hybridized carbons (Fsp3) is 0.524. The average Bonchev–Trinajstić information content (AvgIpc) is 3.07. The molecule has 2 N–H and O–H groups in total. The minimum absolute atomic E-state index is 0.00339. The van der Waals surface area contributed by atoms with Crippen LogP contribution in [0.15, 0.2) is 29.3 Å². The third kappa shape index (κ3) is 5.51. The number of thiophene rings is 1. The number of ether oxygens (including phenoxy) is 1. The van der Waals surface area contributed by atoms with E-state index in [4.69, 9.17) is 4.74 Å². The van der Waals surface area contributed by atoms with E-state index < -0.39 is 15.8 Å². The molecule has 0 aliphatic heterocycles. The van der Waals surface area contributed by atoms with Crippen molar-refractivity contribution in [2.45, 2.75) is 69.0 Å². The van der Waals surface area contributed by atoms with E-state index in [1.807, 2.05) is 6.07 Å². The van der Waals surface area contributed by atoms with Gasteiger partial charge in [0, 0.05) is 23.2 Å². The van der Waals surface area contributed by atoms with Crippen LogP contribution >= 0.6 is 11.3 Å². The van der Waals surface area contributed by atoms with E-state index in [0.29, 0.717) is 16.4 Å². The van der Waals surface area contributed by atoms with Crippen LogP contribution in [0.2, 0.25) is 0 Å². The van der Waals surface area contributed by atoms with Crippen LogP contribution in [0, 0.1) is 0 Å². The van der Waals surface area contributed by atoms with Crippen LogP contribution in [-0.4, -0.2) is 42.9 Å². The Morgan fingerprint density at radius 2 is 1.90 bits per heavy atom. The lowest BCUT2D eigenvalue weighted by Crippen LogP contribution is -2.31. The molecule has 2 aromatic heterocycles. The van der Waals surface area contributed by atoms with Gasteiger partial charge in [-0.05, 0) is 43.2 Å². The fourth-order valence-corrected chi connectivity index (χ4v) is 5.01. The monoisotopic (exact) mass is 452 g/mol. The Morgan fingerprint density at radius 1 is 1.23 bits per heavy atom. The zero-order chi connectivity index (χ0) is 22.1. The van der Waals surface area contributed by atoms with Crippen LogP contribution in [-0.2, 0) is 15.3 Å². The highest BCUT2D eigenvalue weighted by Crippen LogP contribution is 2.37. The molecule has 9 heteroatoms. The van der Waals surface area contributed by atoms with Gasteiger partial charge in [0.15, 0.2) is 14.9 Å². The van der Waals surface area contributed by atoms with E-state index in [0.717, 1.165) is 36.8 Å². The van der Waals surface area contributed by atoms with Crippen LogP contribution in [0.3, 0.4) is 0 Å². The van der Waals surface area contributed by atoms with Crippen molar-refractivity contribution in [3.8, 4) is 5.88 Å². The largest absolute Gasteiger partial charge is 0.477 e. The molecule has 1 aliphatic rings. The molecule has 0 amide bonds. The number of nitrogens with one attached hydrogen (secondary N) is 1. The molecule has 0 atom stereocenters. The van der Waals surface area contributed by atoms with Crippen molar-refractivity contribution in [3.05, 3.63) is 34.0 Å². The minimum Gasteiger partial charge on any atom is -0.477 e. The Bertz CT molecular complexity index is 1020. The molecule has 2 aromatic rings. The topological polar surface area (TPSA) is 106 Å². The first-order chi connectivity index (χ1) is 13.9. The molecule has 0 saturated heterocycles.